The Labute approximate surface area is 110 Å². The second-order valence-electron chi connectivity index (χ2n) is 5.46. The third-order valence-corrected chi connectivity index (χ3v) is 3.30. The summed E-state index contributed by atoms with van der Waals surface area (Å²) in [6.45, 7) is 6.72. The second kappa shape index (κ2) is 7.59. The Balaban J connectivity index is 2.14. The van der Waals surface area contributed by atoms with Crippen LogP contribution in [0.2, 0.25) is 0 Å². The molecule has 0 aromatic rings. The third-order valence-electron chi connectivity index (χ3n) is 3.30. The molecule has 0 saturated carbocycles. The van der Waals surface area contributed by atoms with E-state index in [1.807, 2.05) is 0 Å². The van der Waals surface area contributed by atoms with Crippen LogP contribution in [-0.4, -0.2) is 56.9 Å². The molecular weight excluding hydrogens is 230 g/mol. The van der Waals surface area contributed by atoms with E-state index in [2.05, 4.69) is 24.5 Å². The molecule has 1 heterocycles. The van der Waals surface area contributed by atoms with Gasteiger partial charge in [-0.05, 0) is 18.8 Å². The molecule has 1 aliphatic rings. The molecule has 1 rings (SSSR count). The van der Waals surface area contributed by atoms with Crippen molar-refractivity contribution in [1.29, 1.82) is 0 Å². The first-order valence-electron chi connectivity index (χ1n) is 6.81. The van der Waals surface area contributed by atoms with Crippen molar-refractivity contribution in [3.8, 4) is 0 Å². The van der Waals surface area contributed by atoms with Crippen LogP contribution in [0.4, 0.5) is 4.79 Å². The molecule has 2 amide bonds. The average molecular weight is 257 g/mol. The topological polar surface area (TPSA) is 53.6 Å². The summed E-state index contributed by atoms with van der Waals surface area (Å²) in [7, 11) is 3.49. The van der Waals surface area contributed by atoms with Gasteiger partial charge in [0.05, 0.1) is 6.10 Å². The van der Waals surface area contributed by atoms with Gasteiger partial charge in [0.15, 0.2) is 0 Å². The standard InChI is InChI=1S/C13H27N3O2/c1-10(2)12-9-11(5-8-18-12)14-6-7-15-13(17)16(3)4/h10-12,14H,5-9H2,1-4H3,(H,15,17). The lowest BCUT2D eigenvalue weighted by Gasteiger charge is -2.32. The molecule has 2 atom stereocenters. The van der Waals surface area contributed by atoms with Gasteiger partial charge in [0.1, 0.15) is 0 Å². The maximum Gasteiger partial charge on any atom is 0.316 e. The number of carbonyl (C=O) groups is 1. The molecule has 5 heteroatoms. The van der Waals surface area contributed by atoms with Crippen molar-refractivity contribution >= 4 is 6.03 Å². The smallest absolute Gasteiger partial charge is 0.316 e. The van der Waals surface area contributed by atoms with E-state index in [1.165, 1.54) is 0 Å². The first kappa shape index (κ1) is 15.2. The first-order chi connectivity index (χ1) is 8.50. The number of hydrogen-bond acceptors (Lipinski definition) is 3. The van der Waals surface area contributed by atoms with Crippen molar-refractivity contribution in [2.24, 2.45) is 5.92 Å². The molecule has 0 aromatic heterocycles. The molecule has 18 heavy (non-hydrogen) atoms. The van der Waals surface area contributed by atoms with E-state index in [0.29, 0.717) is 24.6 Å². The van der Waals surface area contributed by atoms with E-state index in [4.69, 9.17) is 4.74 Å². The summed E-state index contributed by atoms with van der Waals surface area (Å²) in [6, 6.07) is 0.478. The lowest BCUT2D eigenvalue weighted by Crippen LogP contribution is -2.44. The van der Waals surface area contributed by atoms with E-state index in [9.17, 15) is 4.79 Å². The predicted octanol–water partition coefficient (Wildman–Crippen LogP) is 1.05. The third kappa shape index (κ3) is 5.23. The maximum atomic E-state index is 11.3. The average Bonchev–Trinajstić information content (AvgIpc) is 2.34. The molecule has 5 nitrogen and oxygen atoms in total. The van der Waals surface area contributed by atoms with Crippen LogP contribution in [0.25, 0.3) is 0 Å². The summed E-state index contributed by atoms with van der Waals surface area (Å²) in [6.07, 6.45) is 2.50. The van der Waals surface area contributed by atoms with Gasteiger partial charge in [-0.25, -0.2) is 4.79 Å². The number of nitrogens with zero attached hydrogens (tertiary/aromatic N) is 1. The summed E-state index contributed by atoms with van der Waals surface area (Å²) in [5.74, 6) is 0.572. The van der Waals surface area contributed by atoms with E-state index in [1.54, 1.807) is 19.0 Å². The molecule has 0 bridgehead atoms. The van der Waals surface area contributed by atoms with Crippen LogP contribution in [0.3, 0.4) is 0 Å². The molecule has 1 aliphatic heterocycles. The molecule has 0 aromatic carbocycles. The van der Waals surface area contributed by atoms with Crippen LogP contribution < -0.4 is 10.6 Å². The van der Waals surface area contributed by atoms with Gasteiger partial charge in [-0.1, -0.05) is 13.8 Å². The fourth-order valence-electron chi connectivity index (χ4n) is 2.08. The molecule has 2 N–H and O–H groups in total. The highest BCUT2D eigenvalue weighted by Gasteiger charge is 2.24. The molecule has 0 radical (unpaired) electrons. The number of hydrogen-bond donors (Lipinski definition) is 2. The van der Waals surface area contributed by atoms with Crippen LogP contribution in [0.5, 0.6) is 0 Å². The van der Waals surface area contributed by atoms with Crippen LogP contribution in [0.15, 0.2) is 0 Å². The fourth-order valence-corrected chi connectivity index (χ4v) is 2.08. The minimum absolute atomic E-state index is 0.0381. The number of carbonyl (C=O) groups excluding carboxylic acids is 1. The van der Waals surface area contributed by atoms with Crippen molar-refractivity contribution < 1.29 is 9.53 Å². The van der Waals surface area contributed by atoms with Gasteiger partial charge in [-0.15, -0.1) is 0 Å². The van der Waals surface area contributed by atoms with Crippen molar-refractivity contribution in [2.45, 2.75) is 38.8 Å². The normalized spacial score (nSPS) is 24.1. The number of rotatable bonds is 5. The van der Waals surface area contributed by atoms with Gasteiger partial charge in [0.25, 0.3) is 0 Å². The summed E-state index contributed by atoms with van der Waals surface area (Å²) in [5.41, 5.74) is 0. The minimum atomic E-state index is -0.0381. The van der Waals surface area contributed by atoms with Crippen molar-refractivity contribution in [1.82, 2.24) is 15.5 Å². The maximum absolute atomic E-state index is 11.3. The number of nitrogens with one attached hydrogen (secondary N) is 2. The largest absolute Gasteiger partial charge is 0.378 e. The molecule has 0 aliphatic carbocycles. The summed E-state index contributed by atoms with van der Waals surface area (Å²) < 4.78 is 5.73. The molecule has 0 spiro atoms. The van der Waals surface area contributed by atoms with Gasteiger partial charge in [0.2, 0.25) is 0 Å². The van der Waals surface area contributed by atoms with Gasteiger partial charge in [-0.3, -0.25) is 0 Å². The highest BCUT2D eigenvalue weighted by molar-refractivity contribution is 5.73. The zero-order valence-electron chi connectivity index (χ0n) is 12.0. The summed E-state index contributed by atoms with van der Waals surface area (Å²) >= 11 is 0. The van der Waals surface area contributed by atoms with Crippen LogP contribution in [0, 0.1) is 5.92 Å². The van der Waals surface area contributed by atoms with Crippen molar-refractivity contribution in [3.05, 3.63) is 0 Å². The Kier molecular flexibility index (Phi) is 6.43. The zero-order chi connectivity index (χ0) is 13.5. The lowest BCUT2D eigenvalue weighted by molar-refractivity contribution is -0.0241. The number of amides is 2. The Hall–Kier alpha value is -0.810. The Morgan fingerprint density at radius 1 is 1.39 bits per heavy atom. The minimum Gasteiger partial charge on any atom is -0.378 e. The zero-order valence-corrected chi connectivity index (χ0v) is 12.0. The van der Waals surface area contributed by atoms with E-state index >= 15 is 0 Å². The van der Waals surface area contributed by atoms with Gasteiger partial charge >= 0.3 is 6.03 Å². The molecule has 2 unspecified atom stereocenters. The number of urea groups is 1. The highest BCUT2D eigenvalue weighted by Crippen LogP contribution is 2.19. The number of ether oxygens (including phenoxy) is 1. The van der Waals surface area contributed by atoms with E-state index in [0.717, 1.165) is 26.0 Å². The SMILES string of the molecule is CC(C)C1CC(NCCNC(=O)N(C)C)CCO1. The predicted molar refractivity (Wildman–Crippen MR) is 72.7 cm³/mol. The second-order valence-corrected chi connectivity index (χ2v) is 5.46. The highest BCUT2D eigenvalue weighted by atomic mass is 16.5. The summed E-state index contributed by atoms with van der Waals surface area (Å²) in [5, 5.41) is 6.34. The van der Waals surface area contributed by atoms with Crippen LogP contribution >= 0.6 is 0 Å². The summed E-state index contributed by atoms with van der Waals surface area (Å²) in [4.78, 5) is 12.8. The van der Waals surface area contributed by atoms with Crippen LogP contribution in [-0.2, 0) is 4.74 Å². The molecule has 106 valence electrons. The Morgan fingerprint density at radius 3 is 2.72 bits per heavy atom. The van der Waals surface area contributed by atoms with E-state index < -0.39 is 0 Å². The van der Waals surface area contributed by atoms with Crippen molar-refractivity contribution in [3.63, 3.8) is 0 Å². The Morgan fingerprint density at radius 2 is 2.11 bits per heavy atom. The molecular formula is C13H27N3O2. The van der Waals surface area contributed by atoms with Gasteiger partial charge in [0, 0.05) is 39.8 Å². The monoisotopic (exact) mass is 257 g/mol. The molecule has 1 saturated heterocycles. The van der Waals surface area contributed by atoms with Gasteiger partial charge in [-0.2, -0.15) is 0 Å². The van der Waals surface area contributed by atoms with E-state index in [-0.39, 0.29) is 6.03 Å². The van der Waals surface area contributed by atoms with Gasteiger partial charge < -0.3 is 20.3 Å². The van der Waals surface area contributed by atoms with Crippen molar-refractivity contribution in [2.75, 3.05) is 33.8 Å². The molecule has 1 fully saturated rings. The fraction of sp³-hybridized carbons (Fsp3) is 0.923. The first-order valence-corrected chi connectivity index (χ1v) is 6.81. The quantitative estimate of drug-likeness (QED) is 0.724. The lowest BCUT2D eigenvalue weighted by atomic mass is 9.95. The van der Waals surface area contributed by atoms with Crippen LogP contribution in [0.1, 0.15) is 26.7 Å². The Bertz CT molecular complexity index is 257.